The third-order valence-electron chi connectivity index (χ3n) is 4.11. The number of hydrogen-bond acceptors (Lipinski definition) is 4. The summed E-state index contributed by atoms with van der Waals surface area (Å²) < 4.78 is 10.7. The number of esters is 1. The first-order valence-electron chi connectivity index (χ1n) is 8.33. The Hall–Kier alpha value is -3.05. The predicted octanol–water partition coefficient (Wildman–Crippen LogP) is 4.69. The van der Waals surface area contributed by atoms with E-state index in [2.05, 4.69) is 5.32 Å². The van der Waals surface area contributed by atoms with Crippen molar-refractivity contribution in [2.75, 3.05) is 12.4 Å². The van der Waals surface area contributed by atoms with Gasteiger partial charge >= 0.3 is 5.97 Å². The number of halogens is 1. The number of carbonyl (C=O) groups excluding carboxylic acids is 2. The van der Waals surface area contributed by atoms with Crippen LogP contribution in [0.5, 0.6) is 5.75 Å². The lowest BCUT2D eigenvalue weighted by Gasteiger charge is -2.15. The van der Waals surface area contributed by atoms with Gasteiger partial charge in [-0.2, -0.15) is 0 Å². The number of hydrogen-bond donors (Lipinski definition) is 1. The minimum atomic E-state index is -0.991. The van der Waals surface area contributed by atoms with Gasteiger partial charge < -0.3 is 14.8 Å². The van der Waals surface area contributed by atoms with Crippen LogP contribution >= 0.6 is 11.6 Å². The number of amides is 1. The molecule has 1 amide bonds. The second kappa shape index (κ2) is 8.10. The zero-order valence-corrected chi connectivity index (χ0v) is 15.6. The highest BCUT2D eigenvalue weighted by molar-refractivity contribution is 6.33. The van der Waals surface area contributed by atoms with Gasteiger partial charge in [0.05, 0.1) is 23.4 Å². The normalized spacial score (nSPS) is 11.7. The fourth-order valence-electron chi connectivity index (χ4n) is 2.70. The zero-order valence-electron chi connectivity index (χ0n) is 14.9. The molecular formula is C21H18ClNO4. The standard InChI is InChI=1S/C21H18ClNO4/c1-13(20(24)23-18-10-6-5-9-17(18)22)27-21(25)16-11-12-19(26-2)15-8-4-3-7-14(15)16/h3-13H,1-2H3,(H,23,24)/t13-/m1/s1. The Morgan fingerprint density at radius 2 is 1.63 bits per heavy atom. The van der Waals surface area contributed by atoms with E-state index in [9.17, 15) is 9.59 Å². The minimum Gasteiger partial charge on any atom is -0.496 e. The van der Waals surface area contributed by atoms with Crippen molar-refractivity contribution >= 4 is 39.9 Å². The SMILES string of the molecule is COc1ccc(C(=O)O[C@H](C)C(=O)Nc2ccccc2Cl)c2ccccc12. The van der Waals surface area contributed by atoms with Crippen LogP contribution in [0, 0.1) is 0 Å². The molecule has 0 bridgehead atoms. The molecule has 0 saturated heterocycles. The second-order valence-corrected chi connectivity index (χ2v) is 6.28. The van der Waals surface area contributed by atoms with Gasteiger partial charge in [0.1, 0.15) is 5.75 Å². The Kier molecular flexibility index (Phi) is 5.62. The van der Waals surface area contributed by atoms with Crippen LogP contribution in [0.1, 0.15) is 17.3 Å². The van der Waals surface area contributed by atoms with Crippen LogP contribution in [0.15, 0.2) is 60.7 Å². The first kappa shape index (κ1) is 18.7. The Morgan fingerprint density at radius 3 is 2.33 bits per heavy atom. The van der Waals surface area contributed by atoms with Crippen molar-refractivity contribution in [3.05, 3.63) is 71.2 Å². The minimum absolute atomic E-state index is 0.365. The van der Waals surface area contributed by atoms with Crippen LogP contribution < -0.4 is 10.1 Å². The Balaban J connectivity index is 1.78. The maximum absolute atomic E-state index is 12.6. The second-order valence-electron chi connectivity index (χ2n) is 5.88. The summed E-state index contributed by atoms with van der Waals surface area (Å²) in [6.45, 7) is 1.51. The number of benzene rings is 3. The number of anilines is 1. The highest BCUT2D eigenvalue weighted by Crippen LogP contribution is 2.29. The number of fused-ring (bicyclic) bond motifs is 1. The molecule has 0 saturated carbocycles. The molecule has 0 aliphatic rings. The maximum atomic E-state index is 12.6. The number of para-hydroxylation sites is 1. The lowest BCUT2D eigenvalue weighted by atomic mass is 10.0. The Bertz CT molecular complexity index is 1000. The van der Waals surface area contributed by atoms with E-state index in [1.165, 1.54) is 6.92 Å². The number of methoxy groups -OCH3 is 1. The van der Waals surface area contributed by atoms with Gasteiger partial charge in [-0.15, -0.1) is 0 Å². The molecule has 5 nitrogen and oxygen atoms in total. The van der Waals surface area contributed by atoms with Gasteiger partial charge in [0.25, 0.3) is 5.91 Å². The average Bonchev–Trinajstić information content (AvgIpc) is 2.68. The van der Waals surface area contributed by atoms with Gasteiger partial charge in [-0.05, 0) is 36.6 Å². The van der Waals surface area contributed by atoms with Gasteiger partial charge in [-0.25, -0.2) is 4.79 Å². The predicted molar refractivity (Wildman–Crippen MR) is 105 cm³/mol. The topological polar surface area (TPSA) is 64.6 Å². The summed E-state index contributed by atoms with van der Waals surface area (Å²) in [5.41, 5.74) is 0.825. The molecule has 0 spiro atoms. The molecule has 0 unspecified atom stereocenters. The molecule has 0 aliphatic carbocycles. The van der Waals surface area contributed by atoms with Gasteiger partial charge in [0.15, 0.2) is 6.10 Å². The molecule has 3 rings (SSSR count). The van der Waals surface area contributed by atoms with Gasteiger partial charge in [-0.3, -0.25) is 4.79 Å². The largest absolute Gasteiger partial charge is 0.496 e. The molecule has 3 aromatic carbocycles. The molecule has 6 heteroatoms. The van der Waals surface area contributed by atoms with E-state index >= 15 is 0 Å². The quantitative estimate of drug-likeness (QED) is 0.649. The summed E-state index contributed by atoms with van der Waals surface area (Å²) >= 11 is 6.03. The summed E-state index contributed by atoms with van der Waals surface area (Å²) in [7, 11) is 1.57. The van der Waals surface area contributed by atoms with Crippen molar-refractivity contribution in [3.63, 3.8) is 0 Å². The van der Waals surface area contributed by atoms with E-state index in [1.807, 2.05) is 24.3 Å². The van der Waals surface area contributed by atoms with Crippen LogP contribution in [-0.4, -0.2) is 25.1 Å². The molecule has 0 heterocycles. The molecule has 0 fully saturated rings. The zero-order chi connectivity index (χ0) is 19.4. The van der Waals surface area contributed by atoms with Crippen molar-refractivity contribution in [1.29, 1.82) is 0 Å². The van der Waals surface area contributed by atoms with E-state index in [-0.39, 0.29) is 0 Å². The van der Waals surface area contributed by atoms with Crippen LogP contribution in [0.2, 0.25) is 5.02 Å². The lowest BCUT2D eigenvalue weighted by molar-refractivity contribution is -0.123. The Morgan fingerprint density at radius 1 is 0.963 bits per heavy atom. The number of rotatable bonds is 5. The van der Waals surface area contributed by atoms with E-state index in [0.717, 1.165) is 5.39 Å². The van der Waals surface area contributed by atoms with Gasteiger partial charge in [-0.1, -0.05) is 48.0 Å². The first-order chi connectivity index (χ1) is 13.0. The van der Waals surface area contributed by atoms with E-state index in [0.29, 0.717) is 27.4 Å². The third kappa shape index (κ3) is 4.04. The molecule has 138 valence electrons. The van der Waals surface area contributed by atoms with Gasteiger partial charge in [0.2, 0.25) is 0 Å². The summed E-state index contributed by atoms with van der Waals surface area (Å²) in [4.78, 5) is 25.0. The highest BCUT2D eigenvalue weighted by Gasteiger charge is 2.21. The van der Waals surface area contributed by atoms with E-state index < -0.39 is 18.0 Å². The van der Waals surface area contributed by atoms with Crippen molar-refractivity contribution in [3.8, 4) is 5.75 Å². The summed E-state index contributed by atoms with van der Waals surface area (Å²) in [6, 6.07) is 17.5. The van der Waals surface area contributed by atoms with Crippen molar-refractivity contribution < 1.29 is 19.1 Å². The molecular weight excluding hydrogens is 366 g/mol. The highest BCUT2D eigenvalue weighted by atomic mass is 35.5. The van der Waals surface area contributed by atoms with Crippen LogP contribution in [0.25, 0.3) is 10.8 Å². The molecule has 27 heavy (non-hydrogen) atoms. The molecule has 3 aromatic rings. The van der Waals surface area contributed by atoms with Crippen LogP contribution in [-0.2, 0) is 9.53 Å². The first-order valence-corrected chi connectivity index (χ1v) is 8.71. The monoisotopic (exact) mass is 383 g/mol. The molecule has 0 radical (unpaired) electrons. The van der Waals surface area contributed by atoms with E-state index in [4.69, 9.17) is 21.1 Å². The van der Waals surface area contributed by atoms with Crippen LogP contribution in [0.3, 0.4) is 0 Å². The van der Waals surface area contributed by atoms with Gasteiger partial charge in [0, 0.05) is 5.39 Å². The van der Waals surface area contributed by atoms with Crippen molar-refractivity contribution in [1.82, 2.24) is 0 Å². The van der Waals surface area contributed by atoms with E-state index in [1.54, 1.807) is 43.5 Å². The molecule has 1 N–H and O–H groups in total. The lowest BCUT2D eigenvalue weighted by Crippen LogP contribution is -2.30. The summed E-state index contributed by atoms with van der Waals surface area (Å²) in [5.74, 6) is -0.392. The summed E-state index contributed by atoms with van der Waals surface area (Å²) in [5, 5.41) is 4.55. The molecule has 1 atom stereocenters. The van der Waals surface area contributed by atoms with Crippen molar-refractivity contribution in [2.24, 2.45) is 0 Å². The number of ether oxygens (including phenoxy) is 2. The smallest absolute Gasteiger partial charge is 0.339 e. The third-order valence-corrected chi connectivity index (χ3v) is 4.44. The average molecular weight is 384 g/mol. The molecule has 0 aromatic heterocycles. The maximum Gasteiger partial charge on any atom is 0.339 e. The Labute approximate surface area is 161 Å². The van der Waals surface area contributed by atoms with Crippen LogP contribution in [0.4, 0.5) is 5.69 Å². The summed E-state index contributed by atoms with van der Waals surface area (Å²) in [6.07, 6.45) is -0.991. The number of carbonyl (C=O) groups is 2. The fourth-order valence-corrected chi connectivity index (χ4v) is 2.88. The number of nitrogens with one attached hydrogen (secondary N) is 1. The fraction of sp³-hybridized carbons (Fsp3) is 0.143. The molecule has 0 aliphatic heterocycles. The van der Waals surface area contributed by atoms with Crippen molar-refractivity contribution in [2.45, 2.75) is 13.0 Å².